The Balaban J connectivity index is 2.20. The number of halogens is 1. The zero-order valence-corrected chi connectivity index (χ0v) is 11.0. The van der Waals surface area contributed by atoms with Crippen LogP contribution in [0.2, 0.25) is 0 Å². The number of hydrogen-bond donors (Lipinski definition) is 0. The van der Waals surface area contributed by atoms with E-state index < -0.39 is 0 Å². The summed E-state index contributed by atoms with van der Waals surface area (Å²) in [5.41, 5.74) is 1.03. The van der Waals surface area contributed by atoms with Gasteiger partial charge in [-0.2, -0.15) is 0 Å². The van der Waals surface area contributed by atoms with Gasteiger partial charge in [0.15, 0.2) is 11.6 Å². The number of rotatable bonds is 3. The highest BCUT2D eigenvalue weighted by atomic mass is 35.5. The lowest BCUT2D eigenvalue weighted by molar-refractivity contribution is 0.954. The highest BCUT2D eigenvalue weighted by Crippen LogP contribution is 2.26. The Morgan fingerprint density at radius 1 is 1.06 bits per heavy atom. The van der Waals surface area contributed by atoms with E-state index >= 15 is 0 Å². The number of alkyl halides is 1. The molecule has 3 aromatic rings. The Kier molecular flexibility index (Phi) is 3.13. The second kappa shape index (κ2) is 4.92. The van der Waals surface area contributed by atoms with Crippen LogP contribution in [0.4, 0.5) is 0 Å². The summed E-state index contributed by atoms with van der Waals surface area (Å²) >= 11 is 7.58. The maximum Gasteiger partial charge on any atom is 0.178 e. The molecular weight excluding hydrogens is 266 g/mol. The van der Waals surface area contributed by atoms with Gasteiger partial charge in [-0.05, 0) is 23.6 Å². The molecule has 3 rings (SSSR count). The first kappa shape index (κ1) is 11.4. The van der Waals surface area contributed by atoms with Gasteiger partial charge in [-0.25, -0.2) is 0 Å². The molecule has 0 N–H and O–H groups in total. The van der Waals surface area contributed by atoms with Gasteiger partial charge in [0.1, 0.15) is 0 Å². The summed E-state index contributed by atoms with van der Waals surface area (Å²) in [6, 6.07) is 14.1. The van der Waals surface area contributed by atoms with Crippen molar-refractivity contribution >= 4 is 22.9 Å². The van der Waals surface area contributed by atoms with Crippen LogP contribution >= 0.6 is 22.9 Å². The van der Waals surface area contributed by atoms with Crippen molar-refractivity contribution in [3.05, 3.63) is 53.7 Å². The Bertz CT molecular complexity index is 632. The molecule has 0 fully saturated rings. The van der Waals surface area contributed by atoms with E-state index in [1.807, 2.05) is 52.4 Å². The SMILES string of the molecule is ClCc1nnc(-c2cccs2)n1-c1ccccc1. The molecule has 0 unspecified atom stereocenters. The first-order valence-electron chi connectivity index (χ1n) is 5.49. The van der Waals surface area contributed by atoms with Crippen LogP contribution in [-0.2, 0) is 5.88 Å². The van der Waals surface area contributed by atoms with E-state index in [4.69, 9.17) is 11.6 Å². The lowest BCUT2D eigenvalue weighted by Gasteiger charge is -2.07. The summed E-state index contributed by atoms with van der Waals surface area (Å²) in [5.74, 6) is 1.94. The maximum absolute atomic E-state index is 5.94. The molecule has 5 heteroatoms. The van der Waals surface area contributed by atoms with E-state index in [0.29, 0.717) is 5.88 Å². The second-order valence-electron chi connectivity index (χ2n) is 3.72. The topological polar surface area (TPSA) is 30.7 Å². The van der Waals surface area contributed by atoms with Gasteiger partial charge in [0, 0.05) is 5.69 Å². The number of nitrogens with zero attached hydrogens (tertiary/aromatic N) is 3. The monoisotopic (exact) mass is 275 g/mol. The van der Waals surface area contributed by atoms with Crippen molar-refractivity contribution < 1.29 is 0 Å². The third-order valence-corrected chi connectivity index (χ3v) is 3.71. The zero-order chi connectivity index (χ0) is 12.4. The molecule has 0 aliphatic carbocycles. The minimum absolute atomic E-state index is 0.341. The summed E-state index contributed by atoms with van der Waals surface area (Å²) in [6.07, 6.45) is 0. The van der Waals surface area contributed by atoms with Crippen LogP contribution < -0.4 is 0 Å². The first-order valence-corrected chi connectivity index (χ1v) is 6.91. The third kappa shape index (κ3) is 1.94. The van der Waals surface area contributed by atoms with E-state index in [0.717, 1.165) is 22.2 Å². The summed E-state index contributed by atoms with van der Waals surface area (Å²) < 4.78 is 2.00. The fraction of sp³-hybridized carbons (Fsp3) is 0.0769. The van der Waals surface area contributed by atoms with Gasteiger partial charge in [0.05, 0.1) is 10.8 Å². The summed E-state index contributed by atoms with van der Waals surface area (Å²) in [7, 11) is 0. The molecule has 0 radical (unpaired) electrons. The van der Waals surface area contributed by atoms with Crippen molar-refractivity contribution in [2.45, 2.75) is 5.88 Å². The molecule has 0 bridgehead atoms. The normalized spacial score (nSPS) is 10.7. The Morgan fingerprint density at radius 2 is 1.89 bits per heavy atom. The van der Waals surface area contributed by atoms with Crippen LogP contribution in [0.25, 0.3) is 16.4 Å². The van der Waals surface area contributed by atoms with Crippen LogP contribution in [-0.4, -0.2) is 14.8 Å². The fourth-order valence-corrected chi connectivity index (χ4v) is 2.69. The summed E-state index contributed by atoms with van der Waals surface area (Å²) in [5, 5.41) is 10.4. The van der Waals surface area contributed by atoms with Gasteiger partial charge in [-0.3, -0.25) is 4.57 Å². The predicted octanol–water partition coefficient (Wildman–Crippen LogP) is 3.73. The van der Waals surface area contributed by atoms with Gasteiger partial charge < -0.3 is 0 Å². The van der Waals surface area contributed by atoms with Crippen molar-refractivity contribution in [1.82, 2.24) is 14.8 Å². The average molecular weight is 276 g/mol. The zero-order valence-electron chi connectivity index (χ0n) is 9.45. The second-order valence-corrected chi connectivity index (χ2v) is 4.94. The molecule has 2 aromatic heterocycles. The average Bonchev–Trinajstić information content (AvgIpc) is 3.08. The molecule has 0 atom stereocenters. The standard InChI is InChI=1S/C13H10ClN3S/c14-9-12-15-16-13(11-7-4-8-18-11)17(12)10-5-2-1-3-6-10/h1-8H,9H2. The van der Waals surface area contributed by atoms with E-state index in [-0.39, 0.29) is 0 Å². The van der Waals surface area contributed by atoms with Crippen molar-refractivity contribution in [3.63, 3.8) is 0 Å². The molecule has 90 valence electrons. The number of benzene rings is 1. The van der Waals surface area contributed by atoms with Gasteiger partial charge in [-0.1, -0.05) is 24.3 Å². The van der Waals surface area contributed by atoms with Gasteiger partial charge in [-0.15, -0.1) is 33.1 Å². The van der Waals surface area contributed by atoms with E-state index in [1.165, 1.54) is 0 Å². The van der Waals surface area contributed by atoms with Gasteiger partial charge in [0.2, 0.25) is 0 Å². The Labute approximate surface area is 114 Å². The molecule has 0 aliphatic heterocycles. The van der Waals surface area contributed by atoms with E-state index in [9.17, 15) is 0 Å². The molecule has 0 amide bonds. The van der Waals surface area contributed by atoms with Crippen LogP contribution in [0.15, 0.2) is 47.8 Å². The number of para-hydroxylation sites is 1. The molecule has 2 heterocycles. The van der Waals surface area contributed by atoms with Gasteiger partial charge in [0.25, 0.3) is 0 Å². The lowest BCUT2D eigenvalue weighted by atomic mass is 10.3. The quantitative estimate of drug-likeness (QED) is 0.682. The largest absolute Gasteiger partial charge is 0.277 e. The number of hydrogen-bond acceptors (Lipinski definition) is 3. The molecule has 0 saturated carbocycles. The highest BCUT2D eigenvalue weighted by molar-refractivity contribution is 7.13. The summed E-state index contributed by atoms with van der Waals surface area (Å²) in [6.45, 7) is 0. The van der Waals surface area contributed by atoms with Crippen molar-refractivity contribution in [2.75, 3.05) is 0 Å². The molecular formula is C13H10ClN3S. The smallest absolute Gasteiger partial charge is 0.178 e. The van der Waals surface area contributed by atoms with Crippen molar-refractivity contribution in [3.8, 4) is 16.4 Å². The highest BCUT2D eigenvalue weighted by Gasteiger charge is 2.14. The van der Waals surface area contributed by atoms with E-state index in [1.54, 1.807) is 11.3 Å². The van der Waals surface area contributed by atoms with Crippen molar-refractivity contribution in [1.29, 1.82) is 0 Å². The Morgan fingerprint density at radius 3 is 2.56 bits per heavy atom. The number of aromatic nitrogens is 3. The number of thiophene rings is 1. The third-order valence-electron chi connectivity index (χ3n) is 2.61. The molecule has 3 nitrogen and oxygen atoms in total. The van der Waals surface area contributed by atoms with Crippen LogP contribution in [0.3, 0.4) is 0 Å². The fourth-order valence-electron chi connectivity index (χ4n) is 1.82. The molecule has 0 spiro atoms. The Hall–Kier alpha value is -1.65. The first-order chi connectivity index (χ1) is 8.90. The van der Waals surface area contributed by atoms with Crippen molar-refractivity contribution in [2.24, 2.45) is 0 Å². The molecule has 1 aromatic carbocycles. The lowest BCUT2D eigenvalue weighted by Crippen LogP contribution is -2.00. The minimum atomic E-state index is 0.341. The molecule has 18 heavy (non-hydrogen) atoms. The minimum Gasteiger partial charge on any atom is -0.277 e. The van der Waals surface area contributed by atoms with E-state index in [2.05, 4.69) is 10.2 Å². The maximum atomic E-state index is 5.94. The van der Waals surface area contributed by atoms with Crippen LogP contribution in [0, 0.1) is 0 Å². The predicted molar refractivity (Wildman–Crippen MR) is 74.2 cm³/mol. The van der Waals surface area contributed by atoms with Gasteiger partial charge >= 0.3 is 0 Å². The van der Waals surface area contributed by atoms with Crippen LogP contribution in [0.5, 0.6) is 0 Å². The van der Waals surface area contributed by atoms with Crippen LogP contribution in [0.1, 0.15) is 5.82 Å². The molecule has 0 saturated heterocycles. The molecule has 0 aliphatic rings. The summed E-state index contributed by atoms with van der Waals surface area (Å²) in [4.78, 5) is 1.09.